The highest BCUT2D eigenvalue weighted by Gasteiger charge is 2.07. The summed E-state index contributed by atoms with van der Waals surface area (Å²) in [5.41, 5.74) is 5.65. The summed E-state index contributed by atoms with van der Waals surface area (Å²) in [5, 5.41) is 19.8. The molecule has 0 aliphatic rings. The van der Waals surface area contributed by atoms with Crippen LogP contribution in [0.5, 0.6) is 0 Å². The van der Waals surface area contributed by atoms with E-state index >= 15 is 0 Å². The summed E-state index contributed by atoms with van der Waals surface area (Å²) in [5.74, 6) is 0.496. The summed E-state index contributed by atoms with van der Waals surface area (Å²) in [6.07, 6.45) is 0. The number of hydrogen-bond acceptors (Lipinski definition) is 5. The van der Waals surface area contributed by atoms with Crippen LogP contribution in [0.25, 0.3) is 0 Å². The van der Waals surface area contributed by atoms with Crippen molar-refractivity contribution in [1.82, 2.24) is 0 Å². The molecule has 5 nitrogen and oxygen atoms in total. The fourth-order valence-corrected chi connectivity index (χ4v) is 0.794. The van der Waals surface area contributed by atoms with Crippen LogP contribution in [0.2, 0.25) is 0 Å². The molecule has 0 aliphatic carbocycles. The first-order valence-corrected chi connectivity index (χ1v) is 3.42. The largest absolute Gasteiger partial charge is 0.424 e. The number of nitrogens with one attached hydrogen (secondary N) is 1. The molecule has 1 aromatic heterocycles. The van der Waals surface area contributed by atoms with Gasteiger partial charge in [-0.1, -0.05) is 0 Å². The summed E-state index contributed by atoms with van der Waals surface area (Å²) in [4.78, 5) is 0. The van der Waals surface area contributed by atoms with Gasteiger partial charge in [0.15, 0.2) is 5.88 Å². The molecule has 0 spiro atoms. The van der Waals surface area contributed by atoms with E-state index < -0.39 is 0 Å². The van der Waals surface area contributed by atoms with E-state index in [1.54, 1.807) is 0 Å². The first-order valence-electron chi connectivity index (χ1n) is 3.42. The highest BCUT2D eigenvalue weighted by molar-refractivity contribution is 5.55. The smallest absolute Gasteiger partial charge is 0.213 e. The van der Waals surface area contributed by atoms with Gasteiger partial charge in [0.05, 0.1) is 6.61 Å². The second kappa shape index (κ2) is 3.64. The molecule has 1 rings (SSSR count). The van der Waals surface area contributed by atoms with Crippen molar-refractivity contribution >= 4 is 11.8 Å². The molecule has 0 aliphatic heterocycles. The average molecular weight is 167 g/mol. The number of rotatable bonds is 3. The number of nitrogens with two attached hydrogens (primary N) is 1. The van der Waals surface area contributed by atoms with Crippen molar-refractivity contribution in [1.29, 1.82) is 5.26 Å². The Balaban J connectivity index is 2.77. The second-order valence-corrected chi connectivity index (χ2v) is 2.15. The molecule has 12 heavy (non-hydrogen) atoms. The van der Waals surface area contributed by atoms with Crippen molar-refractivity contribution in [2.45, 2.75) is 0 Å². The third-order valence-corrected chi connectivity index (χ3v) is 1.27. The van der Waals surface area contributed by atoms with Gasteiger partial charge in [0, 0.05) is 12.6 Å². The molecule has 1 aromatic rings. The number of furan rings is 1. The molecule has 1 heterocycles. The zero-order valence-corrected chi connectivity index (χ0v) is 6.37. The average Bonchev–Trinajstić information content (AvgIpc) is 2.42. The minimum absolute atomic E-state index is 0.0223. The predicted molar refractivity (Wildman–Crippen MR) is 43.4 cm³/mol. The molecule has 0 radical (unpaired) electrons. The van der Waals surface area contributed by atoms with E-state index in [1.165, 1.54) is 6.07 Å². The molecule has 64 valence electrons. The molecule has 5 heteroatoms. The van der Waals surface area contributed by atoms with Crippen molar-refractivity contribution in [2.75, 3.05) is 24.2 Å². The maximum Gasteiger partial charge on any atom is 0.213 e. The Kier molecular flexibility index (Phi) is 2.56. The van der Waals surface area contributed by atoms with E-state index in [1.807, 2.05) is 6.07 Å². The molecule has 0 amide bonds. The lowest BCUT2D eigenvalue weighted by atomic mass is 10.3. The summed E-state index contributed by atoms with van der Waals surface area (Å²) >= 11 is 0. The Morgan fingerprint density at radius 1 is 1.75 bits per heavy atom. The van der Waals surface area contributed by atoms with Crippen molar-refractivity contribution in [3.8, 4) is 6.07 Å². The van der Waals surface area contributed by atoms with Gasteiger partial charge in [0.25, 0.3) is 0 Å². The van der Waals surface area contributed by atoms with E-state index in [0.717, 1.165) is 0 Å². The summed E-state index contributed by atoms with van der Waals surface area (Å²) in [7, 11) is 0. The lowest BCUT2D eigenvalue weighted by Gasteiger charge is -1.98. The number of nitrogen functional groups attached to an aromatic ring is 1. The number of aliphatic hydroxyl groups is 1. The molecular weight excluding hydrogens is 158 g/mol. The van der Waals surface area contributed by atoms with E-state index in [4.69, 9.17) is 20.5 Å². The van der Waals surface area contributed by atoms with Crippen LogP contribution in [-0.4, -0.2) is 18.3 Å². The third kappa shape index (κ3) is 1.68. The van der Waals surface area contributed by atoms with E-state index in [2.05, 4.69) is 5.32 Å². The van der Waals surface area contributed by atoms with Gasteiger partial charge < -0.3 is 20.6 Å². The lowest BCUT2D eigenvalue weighted by molar-refractivity contribution is 0.310. The number of hydrogen-bond donors (Lipinski definition) is 3. The standard InChI is InChI=1S/C7H9N3O2/c8-4-5-3-6(9)12-7(5)10-1-2-11/h3,10-11H,1-2,9H2. The topological polar surface area (TPSA) is 95.2 Å². The van der Waals surface area contributed by atoms with Crippen LogP contribution in [0, 0.1) is 11.3 Å². The van der Waals surface area contributed by atoms with E-state index in [0.29, 0.717) is 18.0 Å². The van der Waals surface area contributed by atoms with E-state index in [9.17, 15) is 0 Å². The summed E-state index contributed by atoms with van der Waals surface area (Å²) in [6.45, 7) is 0.313. The quantitative estimate of drug-likeness (QED) is 0.595. The van der Waals surface area contributed by atoms with Gasteiger partial charge >= 0.3 is 0 Å². The van der Waals surface area contributed by atoms with Gasteiger partial charge in [-0.25, -0.2) is 0 Å². The molecular formula is C7H9N3O2. The van der Waals surface area contributed by atoms with Gasteiger partial charge in [0.1, 0.15) is 11.6 Å². The molecule has 4 N–H and O–H groups in total. The maximum atomic E-state index is 8.56. The molecule has 0 atom stereocenters. The van der Waals surface area contributed by atoms with Crippen LogP contribution in [0.15, 0.2) is 10.5 Å². The Morgan fingerprint density at radius 2 is 2.50 bits per heavy atom. The monoisotopic (exact) mass is 167 g/mol. The lowest BCUT2D eigenvalue weighted by Crippen LogP contribution is -2.05. The molecule has 0 fully saturated rings. The SMILES string of the molecule is N#Cc1cc(N)oc1NCCO. The van der Waals surface area contributed by atoms with E-state index in [-0.39, 0.29) is 12.5 Å². The van der Waals surface area contributed by atoms with Crippen molar-refractivity contribution in [2.24, 2.45) is 0 Å². The van der Waals surface area contributed by atoms with Gasteiger partial charge in [-0.2, -0.15) is 5.26 Å². The van der Waals surface area contributed by atoms with Gasteiger partial charge in [-0.3, -0.25) is 0 Å². The predicted octanol–water partition coefficient (Wildman–Crippen LogP) is 0.138. The van der Waals surface area contributed by atoms with Crippen LogP contribution in [-0.2, 0) is 0 Å². The van der Waals surface area contributed by atoms with Crippen molar-refractivity contribution in [3.05, 3.63) is 11.6 Å². The first kappa shape index (κ1) is 8.43. The van der Waals surface area contributed by atoms with Gasteiger partial charge in [0.2, 0.25) is 5.88 Å². The fraction of sp³-hybridized carbons (Fsp3) is 0.286. The van der Waals surface area contributed by atoms with Gasteiger partial charge in [-0.15, -0.1) is 0 Å². The second-order valence-electron chi connectivity index (χ2n) is 2.15. The Labute approximate surface area is 69.4 Å². The molecule has 0 aromatic carbocycles. The van der Waals surface area contributed by atoms with Crippen molar-refractivity contribution in [3.63, 3.8) is 0 Å². The Hall–Kier alpha value is -1.67. The first-order chi connectivity index (χ1) is 5.77. The molecule has 0 unspecified atom stereocenters. The highest BCUT2D eigenvalue weighted by atomic mass is 16.4. The number of anilines is 2. The zero-order valence-electron chi connectivity index (χ0n) is 6.37. The fourth-order valence-electron chi connectivity index (χ4n) is 0.794. The minimum Gasteiger partial charge on any atom is -0.424 e. The van der Waals surface area contributed by atoms with Gasteiger partial charge in [-0.05, 0) is 0 Å². The zero-order chi connectivity index (χ0) is 8.97. The Bertz CT molecular complexity index is 300. The molecule has 0 saturated carbocycles. The number of aliphatic hydroxyl groups excluding tert-OH is 1. The molecule has 0 bridgehead atoms. The number of nitriles is 1. The third-order valence-electron chi connectivity index (χ3n) is 1.27. The molecule has 0 saturated heterocycles. The number of nitrogens with zero attached hydrogens (tertiary/aromatic N) is 1. The van der Waals surface area contributed by atoms with Crippen LogP contribution >= 0.6 is 0 Å². The van der Waals surface area contributed by atoms with Crippen LogP contribution in [0.3, 0.4) is 0 Å². The van der Waals surface area contributed by atoms with Crippen LogP contribution in [0.1, 0.15) is 5.56 Å². The summed E-state index contributed by atoms with van der Waals surface area (Å²) < 4.78 is 4.94. The normalized spacial score (nSPS) is 9.33. The maximum absolute atomic E-state index is 8.56. The van der Waals surface area contributed by atoms with Crippen LogP contribution < -0.4 is 11.1 Å². The van der Waals surface area contributed by atoms with Crippen LogP contribution in [0.4, 0.5) is 11.8 Å². The Morgan fingerprint density at radius 3 is 3.08 bits per heavy atom. The summed E-state index contributed by atoms with van der Waals surface area (Å²) in [6, 6.07) is 3.34. The highest BCUT2D eigenvalue weighted by Crippen LogP contribution is 2.20. The minimum atomic E-state index is -0.0223. The van der Waals surface area contributed by atoms with Crippen molar-refractivity contribution < 1.29 is 9.52 Å².